The van der Waals surface area contributed by atoms with E-state index in [-0.39, 0.29) is 6.61 Å². The number of benzene rings is 6. The molecule has 8 aromatic rings. The molecule has 0 saturated carbocycles. The number of anilines is 1. The third-order valence-electron chi connectivity index (χ3n) is 12.2. The summed E-state index contributed by atoms with van der Waals surface area (Å²) in [6, 6.07) is 51.0. The topological polar surface area (TPSA) is 151 Å². The number of rotatable bonds is 16. The lowest BCUT2D eigenvalue weighted by molar-refractivity contribution is -0.0942. The van der Waals surface area contributed by atoms with Crippen LogP contribution in [0.25, 0.3) is 11.2 Å². The van der Waals surface area contributed by atoms with Crippen molar-refractivity contribution in [2.45, 2.75) is 35.7 Å². The molecule has 0 radical (unpaired) electrons. The molecule has 1 saturated heterocycles. The first-order valence-corrected chi connectivity index (χ1v) is 21.1. The maximum Gasteiger partial charge on any atom is 0.167 e. The van der Waals surface area contributed by atoms with Crippen LogP contribution in [0, 0.1) is 0 Å². The first-order valence-electron chi connectivity index (χ1n) is 21.1. The van der Waals surface area contributed by atoms with E-state index in [1.165, 1.54) is 6.33 Å². The lowest BCUT2D eigenvalue weighted by Gasteiger charge is -2.37. The molecule has 1 aliphatic rings. The van der Waals surface area contributed by atoms with Gasteiger partial charge in [-0.1, -0.05) is 109 Å². The molecule has 6 aromatic carbocycles. The zero-order chi connectivity index (χ0) is 45.0. The molecule has 3 heterocycles. The van der Waals surface area contributed by atoms with Gasteiger partial charge in [0.15, 0.2) is 23.2 Å². The van der Waals surface area contributed by atoms with E-state index in [1.54, 1.807) is 39.3 Å². The van der Waals surface area contributed by atoms with Gasteiger partial charge in [0.2, 0.25) is 0 Å². The van der Waals surface area contributed by atoms with Crippen LogP contribution in [0.1, 0.15) is 39.6 Å². The van der Waals surface area contributed by atoms with Crippen molar-refractivity contribution in [3.05, 3.63) is 204 Å². The number of hydrogen-bond donors (Lipinski definition) is 3. The van der Waals surface area contributed by atoms with Gasteiger partial charge in [0, 0.05) is 0 Å². The predicted octanol–water partition coefficient (Wildman–Crippen LogP) is 7.89. The van der Waals surface area contributed by atoms with Crippen molar-refractivity contribution in [3.63, 3.8) is 0 Å². The second kappa shape index (κ2) is 18.4. The molecule has 1 fully saturated rings. The second-order valence-electron chi connectivity index (χ2n) is 15.6. The number of methoxy groups -OCH3 is 4. The zero-order valence-electron chi connectivity index (χ0n) is 36.3. The van der Waals surface area contributed by atoms with Crippen LogP contribution in [-0.2, 0) is 20.6 Å². The van der Waals surface area contributed by atoms with Crippen LogP contribution in [0.2, 0.25) is 0 Å². The van der Waals surface area contributed by atoms with Gasteiger partial charge in [0.25, 0.3) is 0 Å². The summed E-state index contributed by atoms with van der Waals surface area (Å²) < 4.78 is 37.4. The Hall–Kier alpha value is -7.29. The summed E-state index contributed by atoms with van der Waals surface area (Å²) in [6.45, 7) is -0.112. The molecule has 4 atom stereocenters. The molecule has 0 amide bonds. The van der Waals surface area contributed by atoms with Crippen molar-refractivity contribution in [1.29, 1.82) is 0 Å². The Morgan fingerprint density at radius 2 is 0.969 bits per heavy atom. The number of fused-ring (bicyclic) bond motifs is 1. The van der Waals surface area contributed by atoms with E-state index in [1.807, 2.05) is 146 Å². The fourth-order valence-electron chi connectivity index (χ4n) is 8.77. The molecule has 2 aromatic heterocycles. The Balaban J connectivity index is 1.08. The van der Waals surface area contributed by atoms with Crippen molar-refractivity contribution in [2.24, 2.45) is 0 Å². The normalized spacial score (nSPS) is 17.4. The number of ether oxygens (including phenoxy) is 6. The van der Waals surface area contributed by atoms with Crippen molar-refractivity contribution >= 4 is 17.0 Å². The molecule has 0 spiro atoms. The number of aliphatic hydroxyl groups is 2. The summed E-state index contributed by atoms with van der Waals surface area (Å²) in [7, 11) is 6.51. The molecule has 13 nitrogen and oxygen atoms in total. The van der Waals surface area contributed by atoms with Crippen molar-refractivity contribution in [1.82, 2.24) is 19.5 Å². The van der Waals surface area contributed by atoms with Gasteiger partial charge in [-0.05, 0) is 81.9 Å². The quantitative estimate of drug-likeness (QED) is 0.0811. The van der Waals surface area contributed by atoms with Crippen LogP contribution in [-0.4, -0.2) is 83.1 Å². The predicted molar refractivity (Wildman–Crippen MR) is 245 cm³/mol. The minimum atomic E-state index is -1.37. The van der Waals surface area contributed by atoms with E-state index >= 15 is 0 Å². The van der Waals surface area contributed by atoms with E-state index in [4.69, 9.17) is 38.4 Å². The van der Waals surface area contributed by atoms with E-state index < -0.39 is 35.7 Å². The van der Waals surface area contributed by atoms with Crippen molar-refractivity contribution in [3.8, 4) is 23.0 Å². The van der Waals surface area contributed by atoms with Crippen LogP contribution >= 0.6 is 0 Å². The number of aliphatic hydroxyl groups excluding tert-OH is 2. The molecule has 0 bridgehead atoms. The minimum Gasteiger partial charge on any atom is -0.497 e. The number of nitrogens with zero attached hydrogens (tertiary/aromatic N) is 4. The maximum absolute atomic E-state index is 11.8. The summed E-state index contributed by atoms with van der Waals surface area (Å²) in [5.41, 5.74) is 3.80. The molecule has 1 aliphatic heterocycles. The fourth-order valence-corrected chi connectivity index (χ4v) is 8.77. The molecular weight excluding hydrogens is 823 g/mol. The Bertz CT molecular complexity index is 2710. The standard InChI is InChI=1S/C52H49N5O8/c1-60-40-23-15-35(16-24-40)51(34-11-7-5-8-12-34,36-17-25-41(61-2)26-18-36)56-48-45-49(54-32-53-48)57(33-55-45)50-47(59)46(58)44(65-50)31-64-52(37-13-9-6-10-14-37,38-19-27-42(62-3)28-20-38)39-21-29-43(63-4)30-22-39/h5-30,32-33,44,46-47,50,58-59H,31H2,1-4H3,(H,53,54,56)/t44-,46-,47-,50-/m1/s1. The first kappa shape index (κ1) is 43.0. The summed E-state index contributed by atoms with van der Waals surface area (Å²) in [5, 5.41) is 27.3. The summed E-state index contributed by atoms with van der Waals surface area (Å²) in [6.07, 6.45) is -1.78. The molecule has 0 aliphatic carbocycles. The van der Waals surface area contributed by atoms with Crippen LogP contribution in [0.3, 0.4) is 0 Å². The monoisotopic (exact) mass is 871 g/mol. The summed E-state index contributed by atoms with van der Waals surface area (Å²) in [4.78, 5) is 14.2. The average Bonchev–Trinajstić information content (AvgIpc) is 3.93. The number of aromatic nitrogens is 4. The van der Waals surface area contributed by atoms with Crippen LogP contribution in [0.5, 0.6) is 23.0 Å². The van der Waals surface area contributed by atoms with Gasteiger partial charge in [0.05, 0.1) is 41.4 Å². The number of imidazole rings is 1. The van der Waals surface area contributed by atoms with Gasteiger partial charge in [-0.3, -0.25) is 4.57 Å². The highest BCUT2D eigenvalue weighted by atomic mass is 16.6. The first-order chi connectivity index (χ1) is 31.8. The van der Waals surface area contributed by atoms with E-state index in [2.05, 4.69) is 22.4 Å². The molecule has 3 N–H and O–H groups in total. The molecule has 330 valence electrons. The van der Waals surface area contributed by atoms with Gasteiger partial charge in [-0.25, -0.2) is 15.0 Å². The summed E-state index contributed by atoms with van der Waals surface area (Å²) in [5.74, 6) is 3.22. The highest BCUT2D eigenvalue weighted by molar-refractivity contribution is 5.84. The van der Waals surface area contributed by atoms with E-state index in [9.17, 15) is 10.2 Å². The van der Waals surface area contributed by atoms with Crippen LogP contribution in [0.15, 0.2) is 170 Å². The van der Waals surface area contributed by atoms with E-state index in [0.717, 1.165) is 33.4 Å². The largest absolute Gasteiger partial charge is 0.497 e. The Morgan fingerprint density at radius 3 is 1.45 bits per heavy atom. The zero-order valence-corrected chi connectivity index (χ0v) is 36.3. The van der Waals surface area contributed by atoms with Crippen LogP contribution in [0.4, 0.5) is 5.82 Å². The Kier molecular flexibility index (Phi) is 12.2. The minimum absolute atomic E-state index is 0.112. The highest BCUT2D eigenvalue weighted by Crippen LogP contribution is 2.45. The van der Waals surface area contributed by atoms with Gasteiger partial charge in [-0.2, -0.15) is 0 Å². The van der Waals surface area contributed by atoms with Crippen molar-refractivity contribution < 1.29 is 38.6 Å². The molecule has 0 unspecified atom stereocenters. The number of nitrogens with one attached hydrogen (secondary N) is 1. The number of hydrogen-bond acceptors (Lipinski definition) is 12. The van der Waals surface area contributed by atoms with Gasteiger partial charge in [-0.15, -0.1) is 0 Å². The third kappa shape index (κ3) is 7.89. The van der Waals surface area contributed by atoms with E-state index in [0.29, 0.717) is 40.0 Å². The third-order valence-corrected chi connectivity index (χ3v) is 12.2. The Labute approximate surface area is 376 Å². The van der Waals surface area contributed by atoms with Crippen LogP contribution < -0.4 is 24.3 Å². The molecule has 9 rings (SSSR count). The SMILES string of the molecule is COc1ccc(C(Nc2ncnc3c2ncn3[C@@H]2O[C@H](COC(c3ccccc3)(c3ccc(OC)cc3)c3ccc(OC)cc3)[C@@H](O)[C@H]2O)(c2ccccc2)c2ccc(OC)cc2)cc1. The lowest BCUT2D eigenvalue weighted by Crippen LogP contribution is -2.39. The molecular formula is C52H49N5O8. The summed E-state index contributed by atoms with van der Waals surface area (Å²) >= 11 is 0. The van der Waals surface area contributed by atoms with Gasteiger partial charge < -0.3 is 44.0 Å². The Morgan fingerprint density at radius 1 is 0.538 bits per heavy atom. The smallest absolute Gasteiger partial charge is 0.167 e. The molecule has 13 heteroatoms. The fraction of sp³-hybridized carbons (Fsp3) is 0.212. The van der Waals surface area contributed by atoms with Gasteiger partial charge in [0.1, 0.15) is 58.8 Å². The lowest BCUT2D eigenvalue weighted by atomic mass is 9.77. The highest BCUT2D eigenvalue weighted by Gasteiger charge is 2.47. The van der Waals surface area contributed by atoms with Crippen molar-refractivity contribution in [2.75, 3.05) is 40.4 Å². The maximum atomic E-state index is 11.8. The second-order valence-corrected chi connectivity index (χ2v) is 15.6. The molecule has 65 heavy (non-hydrogen) atoms. The average molecular weight is 872 g/mol. The van der Waals surface area contributed by atoms with Gasteiger partial charge >= 0.3 is 0 Å².